The van der Waals surface area contributed by atoms with Crippen molar-refractivity contribution in [2.45, 2.75) is 39.2 Å². The average Bonchev–Trinajstić information content (AvgIpc) is 2.39. The van der Waals surface area contributed by atoms with Gasteiger partial charge in [0.05, 0.1) is 0 Å². The number of hydrogen-bond donors (Lipinski definition) is 3. The molecule has 1 fully saturated rings. The van der Waals surface area contributed by atoms with Crippen LogP contribution in [0.15, 0.2) is 24.3 Å². The summed E-state index contributed by atoms with van der Waals surface area (Å²) in [6.45, 7) is 4.67. The number of anilines is 2. The van der Waals surface area contributed by atoms with Crippen LogP contribution in [0.5, 0.6) is 0 Å². The maximum atomic E-state index is 11.2. The topological polar surface area (TPSA) is 53.2 Å². The summed E-state index contributed by atoms with van der Waals surface area (Å²) in [5.74, 6) is 1.59. The predicted octanol–water partition coefficient (Wildman–Crippen LogP) is 3.67. The van der Waals surface area contributed by atoms with Gasteiger partial charge in [0.25, 0.3) is 0 Å². The molecule has 1 aliphatic carbocycles. The zero-order chi connectivity index (χ0) is 14.5. The number of urea groups is 1. The molecule has 20 heavy (non-hydrogen) atoms. The van der Waals surface area contributed by atoms with Crippen LogP contribution in [0.1, 0.15) is 33.1 Å². The zero-order valence-corrected chi connectivity index (χ0v) is 12.6. The molecule has 2 rings (SSSR count). The SMILES string of the molecule is CNC(=O)Nc1ccc(NC2CC(C)CC(C)C2)cc1. The number of nitrogens with one attached hydrogen (secondary N) is 3. The maximum absolute atomic E-state index is 11.2. The molecular formula is C16H25N3O. The average molecular weight is 275 g/mol. The summed E-state index contributed by atoms with van der Waals surface area (Å²) in [4.78, 5) is 11.2. The first-order chi connectivity index (χ1) is 9.56. The van der Waals surface area contributed by atoms with Crippen LogP contribution in [0, 0.1) is 11.8 Å². The molecule has 4 nitrogen and oxygen atoms in total. The van der Waals surface area contributed by atoms with Crippen molar-refractivity contribution < 1.29 is 4.79 Å². The van der Waals surface area contributed by atoms with Crippen LogP contribution >= 0.6 is 0 Å². The van der Waals surface area contributed by atoms with Crippen molar-refractivity contribution in [3.8, 4) is 0 Å². The molecule has 2 amide bonds. The van der Waals surface area contributed by atoms with Gasteiger partial charge in [-0.25, -0.2) is 4.79 Å². The Morgan fingerprint density at radius 2 is 1.55 bits per heavy atom. The fourth-order valence-electron chi connectivity index (χ4n) is 3.14. The molecule has 0 aliphatic heterocycles. The molecule has 4 heteroatoms. The highest BCUT2D eigenvalue weighted by molar-refractivity contribution is 5.89. The third-order valence-electron chi connectivity index (χ3n) is 3.92. The predicted molar refractivity (Wildman–Crippen MR) is 84.1 cm³/mol. The number of rotatable bonds is 3. The minimum Gasteiger partial charge on any atom is -0.382 e. The summed E-state index contributed by atoms with van der Waals surface area (Å²) in [5.41, 5.74) is 1.93. The van der Waals surface area contributed by atoms with Gasteiger partial charge in [0.1, 0.15) is 0 Å². The third kappa shape index (κ3) is 4.15. The molecule has 2 atom stereocenters. The van der Waals surface area contributed by atoms with Gasteiger partial charge in [-0.2, -0.15) is 0 Å². The third-order valence-corrected chi connectivity index (χ3v) is 3.92. The van der Waals surface area contributed by atoms with E-state index in [-0.39, 0.29) is 6.03 Å². The normalized spacial score (nSPS) is 25.9. The lowest BCUT2D eigenvalue weighted by Crippen LogP contribution is -2.30. The molecule has 1 aromatic rings. The van der Waals surface area contributed by atoms with Crippen molar-refractivity contribution in [1.29, 1.82) is 0 Å². The van der Waals surface area contributed by atoms with Gasteiger partial charge in [0, 0.05) is 24.5 Å². The van der Waals surface area contributed by atoms with Gasteiger partial charge in [0.2, 0.25) is 0 Å². The summed E-state index contributed by atoms with van der Waals surface area (Å²) in [5, 5.41) is 8.90. The van der Waals surface area contributed by atoms with E-state index in [2.05, 4.69) is 29.8 Å². The summed E-state index contributed by atoms with van der Waals surface area (Å²) in [6, 6.07) is 8.26. The lowest BCUT2D eigenvalue weighted by molar-refractivity contribution is 0.254. The Morgan fingerprint density at radius 3 is 2.10 bits per heavy atom. The molecule has 0 spiro atoms. The Kier molecular flexibility index (Phi) is 4.88. The smallest absolute Gasteiger partial charge is 0.318 e. The standard InChI is InChI=1S/C16H25N3O/c1-11-8-12(2)10-15(9-11)18-13-4-6-14(7-5-13)19-16(20)17-3/h4-7,11-12,15,18H,8-10H2,1-3H3,(H2,17,19,20). The van der Waals surface area contributed by atoms with E-state index in [1.165, 1.54) is 19.3 Å². The van der Waals surface area contributed by atoms with Crippen molar-refractivity contribution >= 4 is 17.4 Å². The first-order valence-corrected chi connectivity index (χ1v) is 7.42. The molecule has 1 aliphatic rings. The summed E-state index contributed by atoms with van der Waals surface area (Å²) >= 11 is 0. The van der Waals surface area contributed by atoms with Crippen LogP contribution in [0.25, 0.3) is 0 Å². The van der Waals surface area contributed by atoms with Gasteiger partial charge in [-0.3, -0.25) is 0 Å². The van der Waals surface area contributed by atoms with Crippen molar-refractivity contribution in [3.63, 3.8) is 0 Å². The van der Waals surface area contributed by atoms with Gasteiger partial charge in [-0.15, -0.1) is 0 Å². The molecule has 3 N–H and O–H groups in total. The second-order valence-electron chi connectivity index (χ2n) is 6.04. The van der Waals surface area contributed by atoms with Crippen LogP contribution < -0.4 is 16.0 Å². The Labute approximate surface area is 121 Å². The van der Waals surface area contributed by atoms with E-state index in [1.807, 2.05) is 24.3 Å². The number of amides is 2. The summed E-state index contributed by atoms with van der Waals surface area (Å²) < 4.78 is 0. The molecule has 110 valence electrons. The van der Waals surface area contributed by atoms with Crippen molar-refractivity contribution in [2.75, 3.05) is 17.7 Å². The van der Waals surface area contributed by atoms with Crippen LogP contribution in [0.3, 0.4) is 0 Å². The highest BCUT2D eigenvalue weighted by Crippen LogP contribution is 2.30. The van der Waals surface area contributed by atoms with Gasteiger partial charge >= 0.3 is 6.03 Å². The molecule has 1 saturated carbocycles. The number of carbonyl (C=O) groups excluding carboxylic acids is 1. The highest BCUT2D eigenvalue weighted by Gasteiger charge is 2.23. The molecule has 0 bridgehead atoms. The largest absolute Gasteiger partial charge is 0.382 e. The Hall–Kier alpha value is -1.71. The molecule has 1 aromatic carbocycles. The minimum absolute atomic E-state index is 0.194. The second kappa shape index (κ2) is 6.64. The van der Waals surface area contributed by atoms with E-state index in [0.717, 1.165) is 23.2 Å². The van der Waals surface area contributed by atoms with Crippen LogP contribution in [0.2, 0.25) is 0 Å². The van der Waals surface area contributed by atoms with Crippen molar-refractivity contribution in [2.24, 2.45) is 11.8 Å². The minimum atomic E-state index is -0.194. The monoisotopic (exact) mass is 275 g/mol. The fraction of sp³-hybridized carbons (Fsp3) is 0.562. The molecule has 0 saturated heterocycles. The fourth-order valence-corrected chi connectivity index (χ4v) is 3.14. The van der Waals surface area contributed by atoms with Crippen LogP contribution in [0.4, 0.5) is 16.2 Å². The Bertz CT molecular complexity index is 434. The van der Waals surface area contributed by atoms with Crippen LogP contribution in [-0.2, 0) is 0 Å². The summed E-state index contributed by atoms with van der Waals surface area (Å²) in [7, 11) is 1.61. The van der Waals surface area contributed by atoms with E-state index in [0.29, 0.717) is 6.04 Å². The van der Waals surface area contributed by atoms with Crippen LogP contribution in [-0.4, -0.2) is 19.1 Å². The lowest BCUT2D eigenvalue weighted by Gasteiger charge is -2.32. The van der Waals surface area contributed by atoms with Crippen molar-refractivity contribution in [1.82, 2.24) is 5.32 Å². The lowest BCUT2D eigenvalue weighted by atomic mass is 9.80. The van der Waals surface area contributed by atoms with E-state index < -0.39 is 0 Å². The Morgan fingerprint density at radius 1 is 1.00 bits per heavy atom. The van der Waals surface area contributed by atoms with E-state index in [9.17, 15) is 4.79 Å². The molecule has 0 radical (unpaired) electrons. The molecule has 2 unspecified atom stereocenters. The maximum Gasteiger partial charge on any atom is 0.318 e. The van der Waals surface area contributed by atoms with Crippen molar-refractivity contribution in [3.05, 3.63) is 24.3 Å². The molecule has 0 heterocycles. The summed E-state index contributed by atoms with van der Waals surface area (Å²) in [6.07, 6.45) is 3.82. The molecule has 0 aromatic heterocycles. The first-order valence-electron chi connectivity index (χ1n) is 7.42. The second-order valence-corrected chi connectivity index (χ2v) is 6.04. The van der Waals surface area contributed by atoms with Gasteiger partial charge < -0.3 is 16.0 Å². The number of benzene rings is 1. The quantitative estimate of drug-likeness (QED) is 0.788. The Balaban J connectivity index is 1.91. The number of hydrogen-bond acceptors (Lipinski definition) is 2. The van der Waals surface area contributed by atoms with E-state index in [4.69, 9.17) is 0 Å². The van der Waals surface area contributed by atoms with Gasteiger partial charge in [0.15, 0.2) is 0 Å². The highest BCUT2D eigenvalue weighted by atomic mass is 16.2. The first kappa shape index (κ1) is 14.7. The van der Waals surface area contributed by atoms with E-state index >= 15 is 0 Å². The van der Waals surface area contributed by atoms with Gasteiger partial charge in [-0.05, 0) is 55.4 Å². The molecular weight excluding hydrogens is 250 g/mol. The number of carbonyl (C=O) groups is 1. The van der Waals surface area contributed by atoms with E-state index in [1.54, 1.807) is 7.05 Å². The van der Waals surface area contributed by atoms with Gasteiger partial charge in [-0.1, -0.05) is 13.8 Å². The zero-order valence-electron chi connectivity index (χ0n) is 12.6.